The molecule has 110 valence electrons. The van der Waals surface area contributed by atoms with Crippen LogP contribution in [0.5, 0.6) is 0 Å². The summed E-state index contributed by atoms with van der Waals surface area (Å²) < 4.78 is 0.944. The van der Waals surface area contributed by atoms with Crippen molar-refractivity contribution in [3.05, 3.63) is 63.6 Å². The summed E-state index contributed by atoms with van der Waals surface area (Å²) in [6, 6.07) is 15.3. The first-order chi connectivity index (χ1) is 10.0. The van der Waals surface area contributed by atoms with Crippen molar-refractivity contribution >= 4 is 39.1 Å². The van der Waals surface area contributed by atoms with Crippen LogP contribution in [0.4, 0.5) is 5.69 Å². The van der Waals surface area contributed by atoms with E-state index in [2.05, 4.69) is 21.2 Å². The van der Waals surface area contributed by atoms with Gasteiger partial charge in [0, 0.05) is 20.7 Å². The van der Waals surface area contributed by atoms with Crippen molar-refractivity contribution in [2.45, 2.75) is 6.54 Å². The van der Waals surface area contributed by atoms with Gasteiger partial charge in [-0.25, -0.2) is 0 Å². The van der Waals surface area contributed by atoms with Gasteiger partial charge in [-0.05, 0) is 30.3 Å². The lowest BCUT2D eigenvalue weighted by Crippen LogP contribution is -3.08. The van der Waals surface area contributed by atoms with Crippen LogP contribution in [0.15, 0.2) is 53.0 Å². The van der Waals surface area contributed by atoms with E-state index in [1.807, 2.05) is 55.6 Å². The van der Waals surface area contributed by atoms with E-state index in [1.54, 1.807) is 0 Å². The number of hydrogen-bond donors (Lipinski definition) is 2. The highest BCUT2D eigenvalue weighted by atomic mass is 79.9. The average Bonchev–Trinajstić information content (AvgIpc) is 2.38. The Bertz CT molecular complexity index is 633. The Balaban J connectivity index is 1.87. The van der Waals surface area contributed by atoms with Crippen LogP contribution in [0.2, 0.25) is 5.02 Å². The summed E-state index contributed by atoms with van der Waals surface area (Å²) in [4.78, 5) is 13.1. The number of hydrogen-bond acceptors (Lipinski definition) is 1. The Morgan fingerprint density at radius 2 is 2.00 bits per heavy atom. The number of rotatable bonds is 5. The fourth-order valence-electron chi connectivity index (χ4n) is 2.10. The van der Waals surface area contributed by atoms with E-state index in [4.69, 9.17) is 11.6 Å². The summed E-state index contributed by atoms with van der Waals surface area (Å²) in [6.07, 6.45) is 0. The van der Waals surface area contributed by atoms with Gasteiger partial charge in [0.15, 0.2) is 6.54 Å². The molecule has 21 heavy (non-hydrogen) atoms. The second kappa shape index (κ2) is 7.59. The zero-order valence-corrected chi connectivity index (χ0v) is 14.0. The van der Waals surface area contributed by atoms with E-state index in [0.717, 1.165) is 32.2 Å². The van der Waals surface area contributed by atoms with Crippen LogP contribution in [0, 0.1) is 0 Å². The van der Waals surface area contributed by atoms with Crippen molar-refractivity contribution < 1.29 is 9.69 Å². The van der Waals surface area contributed by atoms with Gasteiger partial charge in [-0.3, -0.25) is 4.79 Å². The van der Waals surface area contributed by atoms with E-state index in [-0.39, 0.29) is 5.91 Å². The highest BCUT2D eigenvalue weighted by Gasteiger charge is 2.11. The fraction of sp³-hybridized carbons (Fsp3) is 0.188. The average molecular weight is 369 g/mol. The minimum Gasteiger partial charge on any atom is -0.326 e. The molecule has 0 aliphatic carbocycles. The number of amides is 1. The molecule has 2 aromatic carbocycles. The van der Waals surface area contributed by atoms with Crippen molar-refractivity contribution in [1.82, 2.24) is 0 Å². The summed E-state index contributed by atoms with van der Waals surface area (Å²) in [5.74, 6) is -0.00683. The van der Waals surface area contributed by atoms with E-state index >= 15 is 0 Å². The SMILES string of the molecule is C[NH+](CC(=O)Nc1cccc(Br)c1)Cc1cccc(Cl)c1. The molecule has 5 heteroatoms. The second-order valence-corrected chi connectivity index (χ2v) is 6.35. The molecular weight excluding hydrogens is 352 g/mol. The van der Waals surface area contributed by atoms with Crippen LogP contribution < -0.4 is 10.2 Å². The molecule has 0 fully saturated rings. The maximum Gasteiger partial charge on any atom is 0.279 e. The van der Waals surface area contributed by atoms with Crippen LogP contribution in [-0.2, 0) is 11.3 Å². The molecule has 0 radical (unpaired) electrons. The first-order valence-electron chi connectivity index (χ1n) is 6.64. The van der Waals surface area contributed by atoms with Gasteiger partial charge >= 0.3 is 0 Å². The lowest BCUT2D eigenvalue weighted by atomic mass is 10.2. The van der Waals surface area contributed by atoms with Crippen molar-refractivity contribution in [2.24, 2.45) is 0 Å². The quantitative estimate of drug-likeness (QED) is 0.836. The van der Waals surface area contributed by atoms with Gasteiger partial charge < -0.3 is 10.2 Å². The van der Waals surface area contributed by atoms with Crippen LogP contribution >= 0.6 is 27.5 Å². The minimum atomic E-state index is -0.00683. The number of carbonyl (C=O) groups excluding carboxylic acids is 1. The number of anilines is 1. The zero-order chi connectivity index (χ0) is 15.2. The highest BCUT2D eigenvalue weighted by molar-refractivity contribution is 9.10. The van der Waals surface area contributed by atoms with Gasteiger partial charge in [0.25, 0.3) is 5.91 Å². The molecule has 0 aromatic heterocycles. The lowest BCUT2D eigenvalue weighted by molar-refractivity contribution is -0.885. The molecule has 2 aromatic rings. The standard InChI is InChI=1S/C16H16BrClN2O/c1-20(10-12-4-2-6-14(18)8-12)11-16(21)19-15-7-3-5-13(17)9-15/h2-9H,10-11H2,1H3,(H,19,21)/p+1. The normalized spacial score (nSPS) is 12.0. The molecule has 3 nitrogen and oxygen atoms in total. The molecule has 1 amide bonds. The fourth-order valence-corrected chi connectivity index (χ4v) is 2.72. The van der Waals surface area contributed by atoms with E-state index in [0.29, 0.717) is 6.54 Å². The molecule has 0 aliphatic rings. The number of carbonyl (C=O) groups is 1. The molecule has 0 saturated carbocycles. The molecular formula is C16H17BrClN2O+. The number of likely N-dealkylation sites (N-methyl/N-ethyl adjacent to an activating group) is 1. The third kappa shape index (κ3) is 5.50. The third-order valence-corrected chi connectivity index (χ3v) is 3.69. The number of halogens is 2. The Morgan fingerprint density at radius 3 is 2.71 bits per heavy atom. The molecule has 2 rings (SSSR count). The molecule has 0 spiro atoms. The van der Waals surface area contributed by atoms with Crippen molar-refractivity contribution in [3.63, 3.8) is 0 Å². The van der Waals surface area contributed by atoms with Crippen molar-refractivity contribution in [2.75, 3.05) is 18.9 Å². The molecule has 0 heterocycles. The molecule has 2 N–H and O–H groups in total. The number of nitrogens with one attached hydrogen (secondary N) is 2. The summed E-state index contributed by atoms with van der Waals surface area (Å²) in [7, 11) is 1.99. The smallest absolute Gasteiger partial charge is 0.279 e. The van der Waals surface area contributed by atoms with Crippen molar-refractivity contribution in [3.8, 4) is 0 Å². The molecule has 1 atom stereocenters. The van der Waals surface area contributed by atoms with Gasteiger partial charge in [0.1, 0.15) is 6.54 Å². The van der Waals surface area contributed by atoms with Crippen LogP contribution in [0.1, 0.15) is 5.56 Å². The number of quaternary nitrogens is 1. The molecule has 0 saturated heterocycles. The summed E-state index contributed by atoms with van der Waals surface area (Å²) in [5, 5.41) is 3.62. The molecule has 0 aliphatic heterocycles. The van der Waals surface area contributed by atoms with E-state index < -0.39 is 0 Å². The Labute approximate surface area is 138 Å². The van der Waals surface area contributed by atoms with E-state index in [1.165, 1.54) is 0 Å². The summed E-state index contributed by atoms with van der Waals surface area (Å²) in [6.45, 7) is 1.16. The number of benzene rings is 2. The third-order valence-electron chi connectivity index (χ3n) is 2.97. The Hall–Kier alpha value is -1.36. The van der Waals surface area contributed by atoms with Crippen LogP contribution in [-0.4, -0.2) is 19.5 Å². The van der Waals surface area contributed by atoms with Crippen LogP contribution in [0.25, 0.3) is 0 Å². The van der Waals surface area contributed by atoms with Crippen LogP contribution in [0.3, 0.4) is 0 Å². The lowest BCUT2D eigenvalue weighted by Gasteiger charge is -2.14. The second-order valence-electron chi connectivity index (χ2n) is 5.00. The Kier molecular flexibility index (Phi) is 5.79. The molecule has 1 unspecified atom stereocenters. The molecule has 0 bridgehead atoms. The van der Waals surface area contributed by atoms with Crippen molar-refractivity contribution in [1.29, 1.82) is 0 Å². The van der Waals surface area contributed by atoms with Gasteiger partial charge in [-0.15, -0.1) is 0 Å². The predicted molar refractivity (Wildman–Crippen MR) is 89.7 cm³/mol. The first-order valence-corrected chi connectivity index (χ1v) is 7.81. The monoisotopic (exact) mass is 367 g/mol. The topological polar surface area (TPSA) is 33.5 Å². The van der Waals surface area contributed by atoms with Gasteiger partial charge in [0.05, 0.1) is 7.05 Å². The summed E-state index contributed by atoms with van der Waals surface area (Å²) in [5.41, 5.74) is 1.92. The predicted octanol–water partition coefficient (Wildman–Crippen LogP) is 2.76. The summed E-state index contributed by atoms with van der Waals surface area (Å²) >= 11 is 9.35. The first kappa shape index (κ1) is 16.0. The van der Waals surface area contributed by atoms with E-state index in [9.17, 15) is 4.79 Å². The zero-order valence-electron chi connectivity index (χ0n) is 11.7. The maximum absolute atomic E-state index is 12.0. The van der Waals surface area contributed by atoms with Gasteiger partial charge in [0.2, 0.25) is 0 Å². The largest absolute Gasteiger partial charge is 0.326 e. The van der Waals surface area contributed by atoms with Gasteiger partial charge in [-0.2, -0.15) is 0 Å². The highest BCUT2D eigenvalue weighted by Crippen LogP contribution is 2.15. The minimum absolute atomic E-state index is 0.00683. The maximum atomic E-state index is 12.0. The van der Waals surface area contributed by atoms with Gasteiger partial charge in [-0.1, -0.05) is 45.7 Å². The Morgan fingerprint density at radius 1 is 1.24 bits per heavy atom.